The van der Waals surface area contributed by atoms with E-state index in [0.717, 1.165) is 102 Å². The highest BCUT2D eigenvalue weighted by Crippen LogP contribution is 2.45. The van der Waals surface area contributed by atoms with Gasteiger partial charge in [0.1, 0.15) is 19.3 Å². The molecule has 19 heteroatoms. The van der Waals surface area contributed by atoms with Gasteiger partial charge in [0.15, 0.2) is 12.2 Å². The summed E-state index contributed by atoms with van der Waals surface area (Å²) >= 11 is 0. The molecule has 5 atom stereocenters. The molecular weight excluding hydrogens is 1250 g/mol. The normalized spacial score (nSPS) is 13.9. The Bertz CT molecular complexity index is 1820. The van der Waals surface area contributed by atoms with Crippen LogP contribution in [0.3, 0.4) is 0 Å². The number of aliphatic hydroxyl groups is 1. The largest absolute Gasteiger partial charge is 0.472 e. The van der Waals surface area contributed by atoms with Crippen molar-refractivity contribution in [2.75, 3.05) is 39.6 Å². The molecule has 0 aliphatic carbocycles. The molecule has 0 amide bonds. The van der Waals surface area contributed by atoms with Gasteiger partial charge in [-0.2, -0.15) is 0 Å². The molecule has 0 bridgehead atoms. The van der Waals surface area contributed by atoms with Gasteiger partial charge in [-0.15, -0.1) is 0 Å². The number of rotatable bonds is 76. The van der Waals surface area contributed by atoms with Crippen molar-refractivity contribution in [2.24, 2.45) is 5.92 Å². The molecule has 0 aliphatic rings. The minimum atomic E-state index is -4.96. The molecule has 0 aromatic heterocycles. The number of unbranched alkanes of at least 4 members (excludes halogenated alkanes) is 48. The second-order valence-corrected chi connectivity index (χ2v) is 30.8. The van der Waals surface area contributed by atoms with Crippen LogP contribution in [0.5, 0.6) is 0 Å². The van der Waals surface area contributed by atoms with Crippen molar-refractivity contribution in [2.45, 2.75) is 419 Å². The molecule has 0 saturated heterocycles. The van der Waals surface area contributed by atoms with Crippen LogP contribution in [0.25, 0.3) is 0 Å². The number of phosphoric acid groups is 2. The van der Waals surface area contributed by atoms with Gasteiger partial charge >= 0.3 is 39.5 Å². The topological polar surface area (TPSA) is 237 Å². The fourth-order valence-electron chi connectivity index (χ4n) is 11.7. The number of carbonyl (C=O) groups is 4. The number of phosphoric ester groups is 2. The van der Waals surface area contributed by atoms with Crippen LogP contribution in [-0.4, -0.2) is 96.7 Å². The average Bonchev–Trinajstić information content (AvgIpc) is 2.44. The molecule has 564 valence electrons. The molecule has 0 aromatic carbocycles. The van der Waals surface area contributed by atoms with E-state index >= 15 is 0 Å². The van der Waals surface area contributed by atoms with Gasteiger partial charge in [0.2, 0.25) is 0 Å². The van der Waals surface area contributed by atoms with E-state index in [-0.39, 0.29) is 25.7 Å². The standard InChI is InChI=1S/C76H148O17P2/c1-6-9-12-15-18-21-23-25-26-27-28-29-30-31-32-33-37-42-47-52-57-62-76(81)93-72(66-87-74(79)60-55-50-45-40-38-34-35-39-43-48-53-58-69(4)5)68-91-95(84,85)89-64-70(77)63-88-94(82,83)90-67-71(65-86-73(78)59-54-49-44-20-17-14-11-8-3)92-75(80)61-56-51-46-41-36-24-22-19-16-13-10-7-2/h69-72,77H,6-68H2,1-5H3,(H,82,83)(H,84,85)/t70-,71+,72+/m0/s1. The molecule has 0 spiro atoms. The Kier molecular flexibility index (Phi) is 67.7. The molecule has 0 radical (unpaired) electrons. The summed E-state index contributed by atoms with van der Waals surface area (Å²) < 4.78 is 68.4. The highest BCUT2D eigenvalue weighted by atomic mass is 31.2. The Morgan fingerprint density at radius 2 is 0.484 bits per heavy atom. The Labute approximate surface area is 581 Å². The second-order valence-electron chi connectivity index (χ2n) is 27.9. The lowest BCUT2D eigenvalue weighted by Crippen LogP contribution is -2.30. The highest BCUT2D eigenvalue weighted by Gasteiger charge is 2.30. The van der Waals surface area contributed by atoms with Crippen LogP contribution in [0.2, 0.25) is 0 Å². The van der Waals surface area contributed by atoms with Crippen molar-refractivity contribution >= 4 is 39.5 Å². The first-order valence-electron chi connectivity index (χ1n) is 39.6. The summed E-state index contributed by atoms with van der Waals surface area (Å²) in [6.45, 7) is 7.27. The summed E-state index contributed by atoms with van der Waals surface area (Å²) in [6, 6.07) is 0. The minimum Gasteiger partial charge on any atom is -0.462 e. The predicted molar refractivity (Wildman–Crippen MR) is 386 cm³/mol. The van der Waals surface area contributed by atoms with E-state index in [1.54, 1.807) is 0 Å². The van der Waals surface area contributed by atoms with Crippen LogP contribution in [0.1, 0.15) is 401 Å². The van der Waals surface area contributed by atoms with Crippen LogP contribution in [0, 0.1) is 5.92 Å². The summed E-state index contributed by atoms with van der Waals surface area (Å²) in [4.78, 5) is 72.7. The maximum Gasteiger partial charge on any atom is 0.472 e. The first-order valence-corrected chi connectivity index (χ1v) is 42.6. The molecule has 95 heavy (non-hydrogen) atoms. The molecular formula is C76H148O17P2. The van der Waals surface area contributed by atoms with E-state index in [1.807, 2.05) is 0 Å². The summed E-state index contributed by atoms with van der Waals surface area (Å²) in [5.74, 6) is -1.35. The van der Waals surface area contributed by atoms with Crippen LogP contribution in [0.15, 0.2) is 0 Å². The maximum atomic E-state index is 13.1. The van der Waals surface area contributed by atoms with Crippen molar-refractivity contribution in [3.05, 3.63) is 0 Å². The quantitative estimate of drug-likeness (QED) is 0.0222. The zero-order chi connectivity index (χ0) is 69.8. The Balaban J connectivity index is 5.18. The number of hydrogen-bond donors (Lipinski definition) is 3. The first-order chi connectivity index (χ1) is 46.0. The second kappa shape index (κ2) is 69.2. The molecule has 0 aliphatic heterocycles. The minimum absolute atomic E-state index is 0.107. The molecule has 2 unspecified atom stereocenters. The first kappa shape index (κ1) is 93.1. The van der Waals surface area contributed by atoms with Gasteiger partial charge in [0.25, 0.3) is 0 Å². The van der Waals surface area contributed by atoms with Crippen molar-refractivity contribution in [1.29, 1.82) is 0 Å². The van der Waals surface area contributed by atoms with Crippen LogP contribution < -0.4 is 0 Å². The van der Waals surface area contributed by atoms with Crippen LogP contribution in [0.4, 0.5) is 0 Å². The fraction of sp³-hybridized carbons (Fsp3) is 0.947. The number of aliphatic hydroxyl groups excluding tert-OH is 1. The Morgan fingerprint density at radius 3 is 0.716 bits per heavy atom. The van der Waals surface area contributed by atoms with E-state index < -0.39 is 97.5 Å². The predicted octanol–water partition coefficient (Wildman–Crippen LogP) is 22.5. The Morgan fingerprint density at radius 1 is 0.284 bits per heavy atom. The number of carbonyl (C=O) groups excluding carboxylic acids is 4. The van der Waals surface area contributed by atoms with Crippen molar-refractivity contribution in [3.63, 3.8) is 0 Å². The molecule has 0 aromatic rings. The molecule has 0 rings (SSSR count). The van der Waals surface area contributed by atoms with Gasteiger partial charge in [-0.05, 0) is 31.6 Å². The lowest BCUT2D eigenvalue weighted by molar-refractivity contribution is -0.161. The number of hydrogen-bond acceptors (Lipinski definition) is 15. The molecule has 0 saturated carbocycles. The lowest BCUT2D eigenvalue weighted by Gasteiger charge is -2.21. The van der Waals surface area contributed by atoms with E-state index in [0.29, 0.717) is 25.7 Å². The van der Waals surface area contributed by atoms with E-state index in [2.05, 4.69) is 34.6 Å². The van der Waals surface area contributed by atoms with E-state index in [1.165, 1.54) is 218 Å². The van der Waals surface area contributed by atoms with Crippen molar-refractivity contribution in [3.8, 4) is 0 Å². The maximum absolute atomic E-state index is 13.1. The van der Waals surface area contributed by atoms with Crippen molar-refractivity contribution in [1.82, 2.24) is 0 Å². The summed E-state index contributed by atoms with van der Waals surface area (Å²) in [6.07, 6.45) is 58.4. The van der Waals surface area contributed by atoms with Gasteiger partial charge in [-0.1, -0.05) is 349 Å². The number of esters is 4. The van der Waals surface area contributed by atoms with Gasteiger partial charge in [-0.25, -0.2) is 9.13 Å². The smallest absolute Gasteiger partial charge is 0.462 e. The molecule has 0 fully saturated rings. The molecule has 3 N–H and O–H groups in total. The molecule has 17 nitrogen and oxygen atoms in total. The fourth-order valence-corrected chi connectivity index (χ4v) is 13.3. The van der Waals surface area contributed by atoms with Gasteiger partial charge in [0.05, 0.1) is 26.4 Å². The van der Waals surface area contributed by atoms with Crippen LogP contribution in [-0.2, 0) is 65.4 Å². The third-order valence-electron chi connectivity index (χ3n) is 17.8. The van der Waals surface area contributed by atoms with E-state index in [4.69, 9.17) is 37.0 Å². The highest BCUT2D eigenvalue weighted by molar-refractivity contribution is 7.47. The monoisotopic (exact) mass is 1400 g/mol. The summed E-state index contributed by atoms with van der Waals surface area (Å²) in [7, 11) is -9.90. The van der Waals surface area contributed by atoms with Gasteiger partial charge in [0, 0.05) is 25.7 Å². The SMILES string of the molecule is CCCCCCCCCCCCCCCCCCCCCCCC(=O)O[C@H](COC(=O)CCCCCCCCCCCCCC(C)C)COP(=O)(O)OC[C@@H](O)COP(=O)(O)OC[C@@H](COC(=O)CCCCCCCCCC)OC(=O)CCCCCCCCCCCCCC. The van der Waals surface area contributed by atoms with Gasteiger partial charge < -0.3 is 33.8 Å². The third-order valence-corrected chi connectivity index (χ3v) is 19.7. The molecule has 0 heterocycles. The van der Waals surface area contributed by atoms with Crippen molar-refractivity contribution < 1.29 is 80.2 Å². The lowest BCUT2D eigenvalue weighted by atomic mass is 10.0. The number of ether oxygens (including phenoxy) is 4. The summed E-state index contributed by atoms with van der Waals surface area (Å²) in [5, 5.41) is 10.6. The zero-order valence-electron chi connectivity index (χ0n) is 61.8. The third kappa shape index (κ3) is 70.3. The van der Waals surface area contributed by atoms with E-state index in [9.17, 15) is 43.2 Å². The summed E-state index contributed by atoms with van der Waals surface area (Å²) in [5.41, 5.74) is 0. The van der Waals surface area contributed by atoms with Crippen LogP contribution >= 0.6 is 15.6 Å². The average molecular weight is 1400 g/mol. The zero-order valence-corrected chi connectivity index (χ0v) is 63.6. The Hall–Kier alpha value is -1.94. The van der Waals surface area contributed by atoms with Gasteiger partial charge in [-0.3, -0.25) is 37.3 Å².